The summed E-state index contributed by atoms with van der Waals surface area (Å²) in [7, 11) is -0.0143. The van der Waals surface area contributed by atoms with Crippen LogP contribution in [0.1, 0.15) is 23.8 Å². The Morgan fingerprint density at radius 2 is 1.93 bits per heavy atom. The zero-order valence-electron chi connectivity index (χ0n) is 16.8. The van der Waals surface area contributed by atoms with Gasteiger partial charge < -0.3 is 10.2 Å². The Morgan fingerprint density at radius 1 is 1.23 bits per heavy atom. The summed E-state index contributed by atoms with van der Waals surface area (Å²) in [5.41, 5.74) is 0. The number of likely N-dealkylation sites (N-methyl/N-ethyl adjacent to an activating group) is 1. The number of halogens is 2. The lowest BCUT2D eigenvalue weighted by Gasteiger charge is -2.31. The van der Waals surface area contributed by atoms with Crippen molar-refractivity contribution < 1.29 is 22.0 Å². The second kappa shape index (κ2) is 9.51. The highest BCUT2D eigenvalue weighted by atomic mass is 32.2. The molecule has 1 aliphatic rings. The van der Waals surface area contributed by atoms with Crippen LogP contribution in [0.15, 0.2) is 40.6 Å². The van der Waals surface area contributed by atoms with Gasteiger partial charge in [0.25, 0.3) is 0 Å². The number of nitrogens with one attached hydrogen (secondary N) is 1. The molecule has 1 amide bonds. The van der Waals surface area contributed by atoms with Gasteiger partial charge in [-0.1, -0.05) is 6.07 Å². The molecular weight excluding hydrogens is 432 g/mol. The Kier molecular flexibility index (Phi) is 7.22. The molecule has 1 N–H and O–H groups in total. The zero-order valence-corrected chi connectivity index (χ0v) is 18.5. The minimum Gasteiger partial charge on any atom is -0.354 e. The molecule has 0 aliphatic carbocycles. The first-order valence-corrected chi connectivity index (χ1v) is 11.9. The maximum absolute atomic E-state index is 13.4. The molecule has 3 rings (SSSR count). The Morgan fingerprint density at radius 3 is 2.50 bits per heavy atom. The first-order chi connectivity index (χ1) is 14.2. The van der Waals surface area contributed by atoms with Crippen LogP contribution < -0.4 is 5.32 Å². The minimum atomic E-state index is -3.93. The summed E-state index contributed by atoms with van der Waals surface area (Å²) in [4.78, 5) is 15.5. The smallest absolute Gasteiger partial charge is 0.243 e. The van der Waals surface area contributed by atoms with Gasteiger partial charge in [0.15, 0.2) is 11.6 Å². The summed E-state index contributed by atoms with van der Waals surface area (Å²) in [5, 5.41) is 4.98. The number of carbonyl (C=O) groups is 1. The Labute approximate surface area is 179 Å². The van der Waals surface area contributed by atoms with Crippen LogP contribution in [0, 0.1) is 17.6 Å². The first kappa shape index (κ1) is 22.8. The molecule has 164 valence electrons. The molecular formula is C20H25F2N3O3S2. The summed E-state index contributed by atoms with van der Waals surface area (Å²) in [6, 6.07) is 6.62. The normalized spacial score (nSPS) is 17.2. The van der Waals surface area contributed by atoms with E-state index in [2.05, 4.69) is 5.32 Å². The lowest BCUT2D eigenvalue weighted by atomic mass is 9.97. The van der Waals surface area contributed by atoms with Gasteiger partial charge in [-0.15, -0.1) is 11.3 Å². The van der Waals surface area contributed by atoms with E-state index in [4.69, 9.17) is 0 Å². The fourth-order valence-electron chi connectivity index (χ4n) is 3.50. The van der Waals surface area contributed by atoms with Crippen molar-refractivity contribution in [3.8, 4) is 0 Å². The Balaban J connectivity index is 1.57. The third-order valence-corrected chi connectivity index (χ3v) is 8.19. The van der Waals surface area contributed by atoms with Gasteiger partial charge in [-0.3, -0.25) is 4.79 Å². The molecule has 0 spiro atoms. The van der Waals surface area contributed by atoms with E-state index in [-0.39, 0.29) is 35.9 Å². The molecule has 0 radical (unpaired) electrons. The van der Waals surface area contributed by atoms with Gasteiger partial charge in [0, 0.05) is 30.4 Å². The number of hydrogen-bond donors (Lipinski definition) is 1. The molecule has 1 saturated heterocycles. The Hall–Kier alpha value is -1.88. The van der Waals surface area contributed by atoms with E-state index >= 15 is 0 Å². The topological polar surface area (TPSA) is 69.7 Å². The maximum Gasteiger partial charge on any atom is 0.243 e. The van der Waals surface area contributed by atoms with Crippen LogP contribution in [0.3, 0.4) is 0 Å². The van der Waals surface area contributed by atoms with Gasteiger partial charge in [0.1, 0.15) is 0 Å². The average molecular weight is 458 g/mol. The van der Waals surface area contributed by atoms with Crippen molar-refractivity contribution in [3.63, 3.8) is 0 Å². The van der Waals surface area contributed by atoms with Crippen molar-refractivity contribution in [1.29, 1.82) is 0 Å². The monoisotopic (exact) mass is 457 g/mol. The maximum atomic E-state index is 13.4. The molecule has 2 heterocycles. The van der Waals surface area contributed by atoms with Gasteiger partial charge in [-0.2, -0.15) is 4.31 Å². The molecule has 1 atom stereocenters. The molecule has 10 heteroatoms. The van der Waals surface area contributed by atoms with Crippen LogP contribution in [0.25, 0.3) is 0 Å². The summed E-state index contributed by atoms with van der Waals surface area (Å²) in [5.74, 6) is -2.68. The summed E-state index contributed by atoms with van der Waals surface area (Å²) < 4.78 is 53.1. The van der Waals surface area contributed by atoms with Crippen LogP contribution in [0.5, 0.6) is 0 Å². The number of sulfonamides is 1. The molecule has 0 saturated carbocycles. The lowest BCUT2D eigenvalue weighted by molar-refractivity contribution is -0.126. The number of rotatable bonds is 7. The molecule has 1 aromatic carbocycles. The Bertz CT molecular complexity index is 973. The van der Waals surface area contributed by atoms with Gasteiger partial charge in [-0.05, 0) is 56.6 Å². The van der Waals surface area contributed by atoms with Gasteiger partial charge >= 0.3 is 0 Å². The van der Waals surface area contributed by atoms with E-state index in [0.29, 0.717) is 25.5 Å². The second-order valence-corrected chi connectivity index (χ2v) is 10.4. The highest BCUT2D eigenvalue weighted by molar-refractivity contribution is 7.89. The fraction of sp³-hybridized carbons (Fsp3) is 0.450. The van der Waals surface area contributed by atoms with Crippen LogP contribution in [-0.2, 0) is 14.8 Å². The number of nitrogens with zero attached hydrogens (tertiary/aromatic N) is 2. The SMILES string of the molecule is CN(C)[C@@H](CNC(=O)C1CCN(S(=O)(=O)c2ccc(F)c(F)c2)CC1)c1cccs1. The number of thiophene rings is 1. The third-order valence-electron chi connectivity index (χ3n) is 5.32. The molecule has 1 aliphatic heterocycles. The van der Waals surface area contributed by atoms with E-state index < -0.39 is 21.7 Å². The van der Waals surface area contributed by atoms with Crippen molar-refractivity contribution in [2.24, 2.45) is 5.92 Å². The number of amides is 1. The predicted octanol–water partition coefficient (Wildman–Crippen LogP) is 2.85. The van der Waals surface area contributed by atoms with E-state index in [9.17, 15) is 22.0 Å². The van der Waals surface area contributed by atoms with E-state index in [1.54, 1.807) is 11.3 Å². The van der Waals surface area contributed by atoms with Crippen LogP contribution in [0.4, 0.5) is 8.78 Å². The summed E-state index contributed by atoms with van der Waals surface area (Å²) in [6.45, 7) is 0.780. The molecule has 0 unspecified atom stereocenters. The molecule has 1 aromatic heterocycles. The average Bonchev–Trinajstić information content (AvgIpc) is 3.24. The van der Waals surface area contributed by atoms with Crippen molar-refractivity contribution in [2.75, 3.05) is 33.7 Å². The molecule has 1 fully saturated rings. The molecule has 0 bridgehead atoms. The van der Waals surface area contributed by atoms with Gasteiger partial charge in [0.2, 0.25) is 15.9 Å². The highest BCUT2D eigenvalue weighted by Crippen LogP contribution is 2.26. The molecule has 2 aromatic rings. The molecule has 6 nitrogen and oxygen atoms in total. The zero-order chi connectivity index (χ0) is 21.9. The van der Waals surface area contributed by atoms with Crippen LogP contribution in [0.2, 0.25) is 0 Å². The lowest BCUT2D eigenvalue weighted by Crippen LogP contribution is -2.44. The van der Waals surface area contributed by atoms with Crippen LogP contribution >= 0.6 is 11.3 Å². The summed E-state index contributed by atoms with van der Waals surface area (Å²) >= 11 is 1.63. The summed E-state index contributed by atoms with van der Waals surface area (Å²) in [6.07, 6.45) is 0.751. The number of piperidine rings is 1. The van der Waals surface area contributed by atoms with Crippen LogP contribution in [-0.4, -0.2) is 57.3 Å². The first-order valence-electron chi connectivity index (χ1n) is 9.63. The standard InChI is InChI=1S/C20H25F2N3O3S2/c1-24(2)18(19-4-3-11-29-19)13-23-20(26)14-7-9-25(10-8-14)30(27,28)15-5-6-16(21)17(22)12-15/h3-6,11-12,14,18H,7-10,13H2,1-2H3,(H,23,26)/t18-/m0/s1. The minimum absolute atomic E-state index is 0.0720. The number of benzene rings is 1. The number of carbonyl (C=O) groups excluding carboxylic acids is 1. The fourth-order valence-corrected chi connectivity index (χ4v) is 5.91. The third kappa shape index (κ3) is 5.05. The van der Waals surface area contributed by atoms with E-state index in [1.807, 2.05) is 36.5 Å². The van der Waals surface area contributed by atoms with Crippen molar-refractivity contribution >= 4 is 27.3 Å². The van der Waals surface area contributed by atoms with Crippen molar-refractivity contribution in [1.82, 2.24) is 14.5 Å². The number of hydrogen-bond acceptors (Lipinski definition) is 5. The highest BCUT2D eigenvalue weighted by Gasteiger charge is 2.32. The van der Waals surface area contributed by atoms with Crippen molar-refractivity contribution in [2.45, 2.75) is 23.8 Å². The van der Waals surface area contributed by atoms with Crippen molar-refractivity contribution in [3.05, 3.63) is 52.2 Å². The second-order valence-electron chi connectivity index (χ2n) is 7.49. The largest absolute Gasteiger partial charge is 0.354 e. The van der Waals surface area contributed by atoms with Gasteiger partial charge in [0.05, 0.1) is 10.9 Å². The van der Waals surface area contributed by atoms with E-state index in [1.165, 1.54) is 4.31 Å². The van der Waals surface area contributed by atoms with E-state index in [0.717, 1.165) is 17.0 Å². The van der Waals surface area contributed by atoms with Gasteiger partial charge in [-0.25, -0.2) is 17.2 Å². The predicted molar refractivity (Wildman–Crippen MR) is 112 cm³/mol. The molecule has 30 heavy (non-hydrogen) atoms. The quantitative estimate of drug-likeness (QED) is 0.694.